The number of carbonyl (C=O) groups is 1. The molecule has 1 N–H and O–H groups in total. The number of methoxy groups -OCH3 is 1. The molecule has 1 aliphatic carbocycles. The summed E-state index contributed by atoms with van der Waals surface area (Å²) < 4.78 is 18.1. The van der Waals surface area contributed by atoms with Gasteiger partial charge >= 0.3 is 0 Å². The Kier molecular flexibility index (Phi) is 9.57. The van der Waals surface area contributed by atoms with Gasteiger partial charge < -0.3 is 19.2 Å². The number of furan rings is 1. The van der Waals surface area contributed by atoms with Crippen molar-refractivity contribution in [1.82, 2.24) is 5.32 Å². The summed E-state index contributed by atoms with van der Waals surface area (Å²) >= 11 is 3.83. The van der Waals surface area contributed by atoms with Crippen molar-refractivity contribution in [3.63, 3.8) is 0 Å². The molecule has 0 aliphatic heterocycles. The minimum atomic E-state index is -0.135. The number of nitrogens with zero attached hydrogens (tertiary/aromatic N) is 2. The molecule has 5 rings (SSSR count). The standard InChI is InChI=1S/C34H34IN3O4S/c1-34(2,3)24-11-12-26-29(16-24)43-33(30(26)32(39)37-19-25-10-7-13-41-25)38-18-21-14-27(35)31(28(15-21)40-4)42-20-23-9-6-5-8-22(23)17-36/h5-10,13-15,18,24H,11-12,16,19-20H2,1-4H3,(H,37,39)/t24-/m0/s1. The summed E-state index contributed by atoms with van der Waals surface area (Å²) in [5.74, 6) is 2.29. The number of nitriles is 1. The number of hydrogen-bond donors (Lipinski definition) is 1. The monoisotopic (exact) mass is 707 g/mol. The molecule has 2 aromatic carbocycles. The summed E-state index contributed by atoms with van der Waals surface area (Å²) in [6.45, 7) is 7.43. The number of halogens is 1. The van der Waals surface area contributed by atoms with Crippen molar-refractivity contribution in [3.8, 4) is 17.6 Å². The first-order chi connectivity index (χ1) is 20.7. The van der Waals surface area contributed by atoms with Gasteiger partial charge in [-0.1, -0.05) is 39.0 Å². The van der Waals surface area contributed by atoms with Crippen molar-refractivity contribution in [3.05, 3.63) is 96.8 Å². The van der Waals surface area contributed by atoms with Gasteiger partial charge in [-0.15, -0.1) is 11.3 Å². The molecule has 2 heterocycles. The third-order valence-electron chi connectivity index (χ3n) is 7.79. The van der Waals surface area contributed by atoms with Crippen LogP contribution in [0, 0.1) is 26.2 Å². The number of amides is 1. The molecule has 0 saturated carbocycles. The maximum Gasteiger partial charge on any atom is 0.255 e. The van der Waals surface area contributed by atoms with E-state index in [9.17, 15) is 10.1 Å². The van der Waals surface area contributed by atoms with Gasteiger partial charge in [0, 0.05) is 16.7 Å². The van der Waals surface area contributed by atoms with Gasteiger partial charge in [0.15, 0.2) is 11.5 Å². The van der Waals surface area contributed by atoms with Crippen LogP contribution in [0.4, 0.5) is 5.00 Å². The average molecular weight is 708 g/mol. The molecule has 4 aromatic rings. The fourth-order valence-electron chi connectivity index (χ4n) is 5.30. The summed E-state index contributed by atoms with van der Waals surface area (Å²) in [4.78, 5) is 19.7. The van der Waals surface area contributed by atoms with Crippen molar-refractivity contribution >= 4 is 51.1 Å². The third-order valence-corrected chi connectivity index (χ3v) is 9.76. The lowest BCUT2D eigenvalue weighted by molar-refractivity contribution is 0.0947. The highest BCUT2D eigenvalue weighted by Gasteiger charge is 2.33. The summed E-state index contributed by atoms with van der Waals surface area (Å²) in [6.07, 6.45) is 6.24. The molecule has 1 aliphatic rings. The van der Waals surface area contributed by atoms with Crippen LogP contribution in [0.25, 0.3) is 0 Å². The van der Waals surface area contributed by atoms with E-state index in [1.165, 1.54) is 4.88 Å². The van der Waals surface area contributed by atoms with Crippen LogP contribution in [-0.2, 0) is 26.0 Å². The molecule has 0 bridgehead atoms. The Hall–Kier alpha value is -3.62. The topological polar surface area (TPSA) is 96.8 Å². The van der Waals surface area contributed by atoms with Crippen molar-refractivity contribution in [1.29, 1.82) is 5.26 Å². The van der Waals surface area contributed by atoms with E-state index in [0.717, 1.165) is 39.5 Å². The zero-order valence-corrected chi connectivity index (χ0v) is 27.7. The van der Waals surface area contributed by atoms with Crippen LogP contribution in [0.1, 0.15) is 70.4 Å². The Labute approximate surface area is 270 Å². The normalized spacial score (nSPS) is 14.7. The van der Waals surface area contributed by atoms with E-state index >= 15 is 0 Å². The predicted molar refractivity (Wildman–Crippen MR) is 178 cm³/mol. The average Bonchev–Trinajstić information content (AvgIpc) is 3.65. The SMILES string of the molecule is COc1cc(C=Nc2sc3c(c2C(=O)NCc2ccco2)CC[C@H](C(C)(C)C)C3)cc(I)c1OCc1ccccc1C#N. The van der Waals surface area contributed by atoms with Gasteiger partial charge in [0.1, 0.15) is 17.4 Å². The van der Waals surface area contributed by atoms with Crippen LogP contribution in [-0.4, -0.2) is 19.2 Å². The molecule has 0 saturated heterocycles. The van der Waals surface area contributed by atoms with Crippen LogP contribution < -0.4 is 14.8 Å². The lowest BCUT2D eigenvalue weighted by atomic mass is 9.72. The van der Waals surface area contributed by atoms with Gasteiger partial charge in [-0.2, -0.15) is 5.26 Å². The molecule has 1 atom stereocenters. The Morgan fingerprint density at radius 3 is 2.79 bits per heavy atom. The van der Waals surface area contributed by atoms with E-state index in [-0.39, 0.29) is 17.9 Å². The molecule has 7 nitrogen and oxygen atoms in total. The fourth-order valence-corrected chi connectivity index (χ4v) is 7.35. The highest BCUT2D eigenvalue weighted by molar-refractivity contribution is 14.1. The third kappa shape index (κ3) is 7.13. The minimum absolute atomic E-state index is 0.135. The lowest BCUT2D eigenvalue weighted by Gasteiger charge is -2.33. The van der Waals surface area contributed by atoms with Gasteiger partial charge in [0.05, 0.1) is 40.7 Å². The lowest BCUT2D eigenvalue weighted by Crippen LogP contribution is -2.28. The van der Waals surface area contributed by atoms with E-state index in [0.29, 0.717) is 45.8 Å². The van der Waals surface area contributed by atoms with Gasteiger partial charge in [-0.05, 0) is 94.6 Å². The second-order valence-electron chi connectivity index (χ2n) is 11.6. The van der Waals surface area contributed by atoms with Gasteiger partial charge in [0.25, 0.3) is 5.91 Å². The number of carbonyl (C=O) groups excluding carboxylic acids is 1. The van der Waals surface area contributed by atoms with Gasteiger partial charge in [-0.25, -0.2) is 4.99 Å². The van der Waals surface area contributed by atoms with Crippen LogP contribution in [0.5, 0.6) is 11.5 Å². The van der Waals surface area contributed by atoms with Crippen molar-refractivity contribution in [2.75, 3.05) is 7.11 Å². The second kappa shape index (κ2) is 13.3. The molecular weight excluding hydrogens is 673 g/mol. The Morgan fingerprint density at radius 1 is 1.26 bits per heavy atom. The predicted octanol–water partition coefficient (Wildman–Crippen LogP) is 8.24. The van der Waals surface area contributed by atoms with Crippen LogP contribution >= 0.6 is 33.9 Å². The molecule has 43 heavy (non-hydrogen) atoms. The number of thiophene rings is 1. The maximum atomic E-state index is 13.5. The molecule has 0 radical (unpaired) electrons. The first-order valence-electron chi connectivity index (χ1n) is 14.2. The number of hydrogen-bond acceptors (Lipinski definition) is 7. The first kappa shape index (κ1) is 30.8. The number of ether oxygens (including phenoxy) is 2. The molecule has 2 aromatic heterocycles. The van der Waals surface area contributed by atoms with Crippen molar-refractivity contribution in [2.24, 2.45) is 16.3 Å². The first-order valence-corrected chi connectivity index (χ1v) is 16.0. The second-order valence-corrected chi connectivity index (χ2v) is 13.8. The molecule has 0 unspecified atom stereocenters. The van der Waals surface area contributed by atoms with Crippen LogP contribution in [0.15, 0.2) is 64.2 Å². The Bertz CT molecular complexity index is 1680. The summed E-state index contributed by atoms with van der Waals surface area (Å²) in [6, 6.07) is 17.1. The minimum Gasteiger partial charge on any atom is -0.493 e. The highest BCUT2D eigenvalue weighted by atomic mass is 127. The van der Waals surface area contributed by atoms with E-state index in [1.54, 1.807) is 37.0 Å². The Morgan fingerprint density at radius 2 is 2.07 bits per heavy atom. The van der Waals surface area contributed by atoms with E-state index in [4.69, 9.17) is 18.9 Å². The Balaban J connectivity index is 1.42. The molecule has 9 heteroatoms. The molecule has 0 fully saturated rings. The zero-order valence-electron chi connectivity index (χ0n) is 24.7. The molecule has 1 amide bonds. The van der Waals surface area contributed by atoms with E-state index in [1.807, 2.05) is 42.5 Å². The molecule has 0 spiro atoms. The number of nitrogens with one attached hydrogen (secondary N) is 1. The maximum absolute atomic E-state index is 13.5. The van der Waals surface area contributed by atoms with Crippen LogP contribution in [0.2, 0.25) is 0 Å². The van der Waals surface area contributed by atoms with E-state index in [2.05, 4.69) is 54.7 Å². The van der Waals surface area contributed by atoms with Crippen LogP contribution in [0.3, 0.4) is 0 Å². The fraction of sp³-hybridized carbons (Fsp3) is 0.324. The van der Waals surface area contributed by atoms with Crippen molar-refractivity contribution < 1.29 is 18.7 Å². The van der Waals surface area contributed by atoms with Gasteiger partial charge in [-0.3, -0.25) is 4.79 Å². The number of fused-ring (bicyclic) bond motifs is 1. The number of rotatable bonds is 9. The summed E-state index contributed by atoms with van der Waals surface area (Å²) in [7, 11) is 1.60. The number of aliphatic imine (C=N–C) groups is 1. The largest absolute Gasteiger partial charge is 0.493 e. The molecular formula is C34H34IN3O4S. The summed E-state index contributed by atoms with van der Waals surface area (Å²) in [5, 5.41) is 13.2. The molecule has 222 valence electrons. The van der Waals surface area contributed by atoms with Gasteiger partial charge in [0.2, 0.25) is 0 Å². The van der Waals surface area contributed by atoms with E-state index < -0.39 is 0 Å². The zero-order chi connectivity index (χ0) is 30.6. The summed E-state index contributed by atoms with van der Waals surface area (Å²) in [5.41, 5.74) is 4.18. The highest BCUT2D eigenvalue weighted by Crippen LogP contribution is 2.45. The smallest absolute Gasteiger partial charge is 0.255 e. The van der Waals surface area contributed by atoms with Crippen molar-refractivity contribution in [2.45, 2.75) is 53.2 Å². The number of benzene rings is 2. The quantitative estimate of drug-likeness (QED) is 0.140.